The van der Waals surface area contributed by atoms with Gasteiger partial charge in [-0.3, -0.25) is 9.69 Å². The first kappa shape index (κ1) is 41.8. The van der Waals surface area contributed by atoms with E-state index in [0.29, 0.717) is 17.3 Å². The van der Waals surface area contributed by atoms with Crippen molar-refractivity contribution < 1.29 is 27.4 Å². The standard InChI is InChI=1S/C46H53ClN6O6S/c1-31-24-39(9-11-42(31)49-28-32-14-22-58-23-15-32)60(55,56)51-45(54)41-10-8-37(26-43(41)59-38-25-34-13-17-48-44(34)50-29-38)53-20-18-52(19-21-53)30-35-27-46(2,57-3)16-12-40(35)33-4-6-36(47)7-5-33/h4-11,13,17,24-26,29,32,49H,12,14-16,18-23,27-28,30H2,1-3H3,(H,48,50)(H,51,54). The van der Waals surface area contributed by atoms with Crippen molar-refractivity contribution in [2.24, 2.45) is 5.92 Å². The Kier molecular flexibility index (Phi) is 12.5. The molecule has 2 aromatic heterocycles. The Bertz CT molecular complexity index is 2480. The first-order valence-electron chi connectivity index (χ1n) is 20.7. The normalized spacial score (nSPS) is 19.4. The number of H-pyrrole nitrogens is 1. The molecule has 3 N–H and O–H groups in total. The van der Waals surface area contributed by atoms with Gasteiger partial charge < -0.3 is 29.4 Å². The predicted octanol–water partition coefficient (Wildman–Crippen LogP) is 8.44. The molecule has 316 valence electrons. The number of carbonyl (C=O) groups excluding carboxylic acids is 1. The highest BCUT2D eigenvalue weighted by Gasteiger charge is 2.33. The molecule has 1 unspecified atom stereocenters. The summed E-state index contributed by atoms with van der Waals surface area (Å²) in [6, 6.07) is 22.0. The van der Waals surface area contributed by atoms with Crippen LogP contribution in [0.5, 0.6) is 11.5 Å². The molecule has 8 rings (SSSR count). The van der Waals surface area contributed by atoms with E-state index in [-0.39, 0.29) is 21.8 Å². The average Bonchev–Trinajstić information content (AvgIpc) is 3.72. The Morgan fingerprint density at radius 3 is 2.55 bits per heavy atom. The monoisotopic (exact) mass is 852 g/mol. The third-order valence-corrected chi connectivity index (χ3v) is 13.8. The van der Waals surface area contributed by atoms with E-state index in [2.05, 4.69) is 48.9 Å². The average molecular weight is 853 g/mol. The number of aromatic nitrogens is 2. The number of hydrogen-bond donors (Lipinski definition) is 3. The number of carbonyl (C=O) groups is 1. The number of aryl methyl sites for hydroxylation is 1. The van der Waals surface area contributed by atoms with Crippen LogP contribution >= 0.6 is 11.6 Å². The van der Waals surface area contributed by atoms with Gasteiger partial charge in [-0.2, -0.15) is 0 Å². The van der Waals surface area contributed by atoms with Crippen LogP contribution in [0.15, 0.2) is 95.7 Å². The van der Waals surface area contributed by atoms with Gasteiger partial charge in [-0.05, 0) is 129 Å². The number of rotatable bonds is 13. The number of hydrogen-bond acceptors (Lipinski definition) is 10. The second kappa shape index (κ2) is 18.0. The Morgan fingerprint density at radius 2 is 1.80 bits per heavy atom. The number of ether oxygens (including phenoxy) is 3. The van der Waals surface area contributed by atoms with Crippen LogP contribution in [0.1, 0.15) is 60.5 Å². The molecule has 4 heterocycles. The number of pyridine rings is 1. The maximum Gasteiger partial charge on any atom is 0.268 e. The Labute approximate surface area is 357 Å². The molecule has 0 saturated carbocycles. The van der Waals surface area contributed by atoms with Crippen molar-refractivity contribution in [3.05, 3.63) is 112 Å². The van der Waals surface area contributed by atoms with Gasteiger partial charge >= 0.3 is 0 Å². The van der Waals surface area contributed by atoms with E-state index in [4.69, 9.17) is 25.8 Å². The number of piperazine rings is 1. The molecule has 2 fully saturated rings. The number of amides is 1. The van der Waals surface area contributed by atoms with Crippen LogP contribution in [0.25, 0.3) is 16.6 Å². The van der Waals surface area contributed by atoms with Gasteiger partial charge in [0, 0.05) is 93.6 Å². The zero-order chi connectivity index (χ0) is 41.9. The van der Waals surface area contributed by atoms with Crippen LogP contribution in [0.2, 0.25) is 5.02 Å². The first-order chi connectivity index (χ1) is 28.9. The summed E-state index contributed by atoms with van der Waals surface area (Å²) in [5, 5.41) is 5.02. The molecule has 1 aliphatic carbocycles. The first-order valence-corrected chi connectivity index (χ1v) is 22.6. The highest BCUT2D eigenvalue weighted by atomic mass is 35.5. The van der Waals surface area contributed by atoms with Gasteiger partial charge in [0.1, 0.15) is 17.1 Å². The minimum Gasteiger partial charge on any atom is -0.455 e. The van der Waals surface area contributed by atoms with Gasteiger partial charge in [0.2, 0.25) is 0 Å². The summed E-state index contributed by atoms with van der Waals surface area (Å²) in [4.78, 5) is 26.2. The van der Waals surface area contributed by atoms with E-state index < -0.39 is 15.9 Å². The molecular weight excluding hydrogens is 800 g/mol. The molecule has 5 aromatic rings. The molecular formula is C46H53ClN6O6S. The summed E-state index contributed by atoms with van der Waals surface area (Å²) in [5.41, 5.74) is 7.05. The van der Waals surface area contributed by atoms with Crippen molar-refractivity contribution in [3.63, 3.8) is 0 Å². The largest absolute Gasteiger partial charge is 0.455 e. The van der Waals surface area contributed by atoms with E-state index in [1.807, 2.05) is 43.3 Å². The number of allylic oxidation sites excluding steroid dienone is 1. The lowest BCUT2D eigenvalue weighted by Gasteiger charge is -2.40. The molecule has 60 heavy (non-hydrogen) atoms. The number of halogens is 1. The molecule has 0 bridgehead atoms. The molecule has 2 aliphatic heterocycles. The number of anilines is 2. The molecule has 3 aromatic carbocycles. The van der Waals surface area contributed by atoms with E-state index in [0.717, 1.165) is 112 Å². The predicted molar refractivity (Wildman–Crippen MR) is 237 cm³/mol. The van der Waals surface area contributed by atoms with Crippen LogP contribution in [0.4, 0.5) is 11.4 Å². The summed E-state index contributed by atoms with van der Waals surface area (Å²) in [5.74, 6) is 0.348. The molecule has 14 heteroatoms. The van der Waals surface area contributed by atoms with E-state index in [9.17, 15) is 13.2 Å². The van der Waals surface area contributed by atoms with E-state index in [1.54, 1.807) is 37.7 Å². The summed E-state index contributed by atoms with van der Waals surface area (Å²) < 4.78 is 47.5. The molecule has 12 nitrogen and oxygen atoms in total. The lowest BCUT2D eigenvalue weighted by Crippen LogP contribution is -2.47. The van der Waals surface area contributed by atoms with Crippen molar-refractivity contribution in [2.45, 2.75) is 56.4 Å². The van der Waals surface area contributed by atoms with Gasteiger partial charge in [0.05, 0.1) is 22.3 Å². The Hall–Kier alpha value is -4.92. The summed E-state index contributed by atoms with van der Waals surface area (Å²) in [7, 11) is -2.42. The third kappa shape index (κ3) is 9.66. The molecule has 2 saturated heterocycles. The fourth-order valence-corrected chi connectivity index (χ4v) is 9.67. The van der Waals surface area contributed by atoms with Crippen LogP contribution in [-0.2, 0) is 19.5 Å². The maximum absolute atomic E-state index is 13.9. The lowest BCUT2D eigenvalue weighted by atomic mass is 9.79. The molecule has 1 atom stereocenters. The van der Waals surface area contributed by atoms with E-state index in [1.165, 1.54) is 22.8 Å². The quantitative estimate of drug-likeness (QED) is 0.106. The smallest absolute Gasteiger partial charge is 0.268 e. The van der Waals surface area contributed by atoms with Crippen LogP contribution < -0.4 is 19.7 Å². The Morgan fingerprint density at radius 1 is 1.02 bits per heavy atom. The van der Waals surface area contributed by atoms with Crippen molar-refractivity contribution >= 4 is 55.5 Å². The van der Waals surface area contributed by atoms with Gasteiger partial charge in [0.25, 0.3) is 15.9 Å². The lowest BCUT2D eigenvalue weighted by molar-refractivity contribution is -0.00391. The molecule has 1 amide bonds. The number of benzene rings is 3. The van der Waals surface area contributed by atoms with Crippen LogP contribution in [0.3, 0.4) is 0 Å². The number of nitrogens with zero attached hydrogens (tertiary/aromatic N) is 3. The number of sulfonamides is 1. The fourth-order valence-electron chi connectivity index (χ4n) is 8.50. The second-order valence-corrected chi connectivity index (χ2v) is 18.5. The fraction of sp³-hybridized carbons (Fsp3) is 0.391. The van der Waals surface area contributed by atoms with Gasteiger partial charge in [-0.1, -0.05) is 23.7 Å². The highest BCUT2D eigenvalue weighted by molar-refractivity contribution is 7.90. The minimum atomic E-state index is -4.22. The number of fused-ring (bicyclic) bond motifs is 1. The van der Waals surface area contributed by atoms with E-state index >= 15 is 0 Å². The number of methoxy groups -OCH3 is 1. The summed E-state index contributed by atoms with van der Waals surface area (Å²) >= 11 is 6.24. The SMILES string of the molecule is COC1(C)CCC(c2ccc(Cl)cc2)=C(CN2CCN(c3ccc(C(=O)NS(=O)(=O)c4ccc(NCC5CCOCC5)c(C)c4)c(Oc4cnc5[nH]ccc5c4)c3)CC2)C1. The summed E-state index contributed by atoms with van der Waals surface area (Å²) in [6.45, 7) is 10.4. The molecule has 0 radical (unpaired) electrons. The number of nitrogens with one attached hydrogen (secondary N) is 3. The van der Waals surface area contributed by atoms with Crippen molar-refractivity contribution in [1.29, 1.82) is 0 Å². The van der Waals surface area contributed by atoms with Crippen molar-refractivity contribution in [3.8, 4) is 11.5 Å². The molecule has 3 aliphatic rings. The topological polar surface area (TPSA) is 138 Å². The van der Waals surface area contributed by atoms with Crippen molar-refractivity contribution in [2.75, 3.05) is 69.8 Å². The molecule has 0 spiro atoms. The number of aromatic amines is 1. The minimum absolute atomic E-state index is 0.000147. The maximum atomic E-state index is 13.9. The second-order valence-electron chi connectivity index (χ2n) is 16.4. The Balaban J connectivity index is 0.990. The van der Waals surface area contributed by atoms with Crippen LogP contribution in [-0.4, -0.2) is 94.4 Å². The zero-order valence-electron chi connectivity index (χ0n) is 34.4. The van der Waals surface area contributed by atoms with Crippen molar-refractivity contribution in [1.82, 2.24) is 19.6 Å². The third-order valence-electron chi connectivity index (χ3n) is 12.2. The zero-order valence-corrected chi connectivity index (χ0v) is 36.0. The van der Waals surface area contributed by atoms with Gasteiger partial charge in [0.15, 0.2) is 0 Å². The highest BCUT2D eigenvalue weighted by Crippen LogP contribution is 2.40. The summed E-state index contributed by atoms with van der Waals surface area (Å²) in [6.07, 6.45) is 8.12. The van der Waals surface area contributed by atoms with Gasteiger partial charge in [-0.25, -0.2) is 18.1 Å². The van der Waals surface area contributed by atoms with Crippen LogP contribution in [0, 0.1) is 12.8 Å². The van der Waals surface area contributed by atoms with Gasteiger partial charge in [-0.15, -0.1) is 0 Å².